The van der Waals surface area contributed by atoms with Crippen molar-refractivity contribution in [1.82, 2.24) is 15.2 Å². The van der Waals surface area contributed by atoms with E-state index in [4.69, 9.17) is 27.6 Å². The molecule has 1 aromatic carbocycles. The van der Waals surface area contributed by atoms with E-state index in [0.717, 1.165) is 5.56 Å². The van der Waals surface area contributed by atoms with E-state index in [9.17, 15) is 4.79 Å². The van der Waals surface area contributed by atoms with E-state index < -0.39 is 0 Å². The number of hydrogen-bond donors (Lipinski definition) is 1. The molecule has 0 spiro atoms. The maximum Gasteiger partial charge on any atom is 0.274 e. The van der Waals surface area contributed by atoms with Gasteiger partial charge >= 0.3 is 0 Å². The molecular weight excluding hydrogens is 375 g/mol. The molecule has 0 fully saturated rings. The van der Waals surface area contributed by atoms with Crippen molar-refractivity contribution in [2.45, 2.75) is 20.4 Å². The van der Waals surface area contributed by atoms with Crippen molar-refractivity contribution in [3.63, 3.8) is 0 Å². The first-order valence-electron chi connectivity index (χ1n) is 7.80. The van der Waals surface area contributed by atoms with Gasteiger partial charge in [-0.05, 0) is 37.6 Å². The molecular formula is C18H16Cl2N4O2. The van der Waals surface area contributed by atoms with Crippen LogP contribution in [0.5, 0.6) is 0 Å². The highest BCUT2D eigenvalue weighted by Crippen LogP contribution is 2.20. The van der Waals surface area contributed by atoms with Gasteiger partial charge in [-0.2, -0.15) is 10.2 Å². The van der Waals surface area contributed by atoms with E-state index >= 15 is 0 Å². The van der Waals surface area contributed by atoms with Crippen LogP contribution in [-0.4, -0.2) is 21.9 Å². The third-order valence-electron chi connectivity index (χ3n) is 3.82. The number of hydrazone groups is 1. The van der Waals surface area contributed by atoms with E-state index in [0.29, 0.717) is 39.3 Å². The number of amides is 1. The summed E-state index contributed by atoms with van der Waals surface area (Å²) >= 11 is 12.3. The van der Waals surface area contributed by atoms with Gasteiger partial charge in [-0.15, -0.1) is 0 Å². The average molecular weight is 391 g/mol. The molecule has 1 N–H and O–H groups in total. The van der Waals surface area contributed by atoms with Gasteiger partial charge in [0.1, 0.15) is 10.9 Å². The lowest BCUT2D eigenvalue weighted by molar-refractivity contribution is 0.0953. The number of aromatic nitrogens is 2. The van der Waals surface area contributed by atoms with Crippen LogP contribution in [0.3, 0.4) is 0 Å². The second-order valence-electron chi connectivity index (χ2n) is 5.66. The van der Waals surface area contributed by atoms with Gasteiger partial charge in [-0.1, -0.05) is 35.3 Å². The molecule has 0 aliphatic rings. The summed E-state index contributed by atoms with van der Waals surface area (Å²) < 4.78 is 6.77. The first kappa shape index (κ1) is 18.2. The Morgan fingerprint density at radius 2 is 2.00 bits per heavy atom. The van der Waals surface area contributed by atoms with Crippen LogP contribution in [-0.2, 0) is 6.54 Å². The van der Waals surface area contributed by atoms with Crippen molar-refractivity contribution in [3.8, 4) is 0 Å². The molecule has 0 bridgehead atoms. The number of benzene rings is 1. The first-order chi connectivity index (χ1) is 12.5. The minimum absolute atomic E-state index is 0.352. The molecule has 26 heavy (non-hydrogen) atoms. The molecule has 2 heterocycles. The number of nitrogens with one attached hydrogen (secondary N) is 1. The quantitative estimate of drug-likeness (QED) is 0.523. The van der Waals surface area contributed by atoms with Crippen molar-refractivity contribution < 1.29 is 9.21 Å². The number of furan rings is 1. The summed E-state index contributed by atoms with van der Waals surface area (Å²) in [7, 11) is 0. The van der Waals surface area contributed by atoms with Crippen LogP contribution in [0.4, 0.5) is 0 Å². The lowest BCUT2D eigenvalue weighted by atomic mass is 10.2. The van der Waals surface area contributed by atoms with E-state index in [2.05, 4.69) is 15.6 Å². The number of rotatable bonds is 5. The predicted molar refractivity (Wildman–Crippen MR) is 101 cm³/mol. The van der Waals surface area contributed by atoms with Gasteiger partial charge in [0.15, 0.2) is 0 Å². The van der Waals surface area contributed by atoms with Crippen molar-refractivity contribution in [3.05, 3.63) is 74.9 Å². The smallest absolute Gasteiger partial charge is 0.274 e. The van der Waals surface area contributed by atoms with Crippen LogP contribution in [0.2, 0.25) is 10.2 Å². The average Bonchev–Trinajstić information content (AvgIpc) is 3.15. The number of hydrogen-bond acceptors (Lipinski definition) is 4. The SMILES string of the molecule is Cc1nn(Cc2ccc(Cl)cc2)c(Cl)c1/C=N\NC(=O)c1ccoc1C. The summed E-state index contributed by atoms with van der Waals surface area (Å²) in [6.45, 7) is 4.04. The highest BCUT2D eigenvalue weighted by Gasteiger charge is 2.13. The lowest BCUT2D eigenvalue weighted by Crippen LogP contribution is -2.17. The number of nitrogens with zero attached hydrogens (tertiary/aromatic N) is 3. The number of carbonyl (C=O) groups is 1. The summed E-state index contributed by atoms with van der Waals surface area (Å²) in [5, 5.41) is 9.51. The van der Waals surface area contributed by atoms with Gasteiger partial charge in [0.25, 0.3) is 5.91 Å². The Bertz CT molecular complexity index is 958. The molecule has 6 nitrogen and oxygen atoms in total. The monoisotopic (exact) mass is 390 g/mol. The van der Waals surface area contributed by atoms with Gasteiger partial charge in [0, 0.05) is 5.02 Å². The lowest BCUT2D eigenvalue weighted by Gasteiger charge is -2.03. The Balaban J connectivity index is 1.72. The van der Waals surface area contributed by atoms with Crippen molar-refractivity contribution >= 4 is 35.3 Å². The molecule has 0 aliphatic carbocycles. The topological polar surface area (TPSA) is 72.4 Å². The molecule has 0 aliphatic heterocycles. The second-order valence-corrected chi connectivity index (χ2v) is 6.46. The Kier molecular flexibility index (Phi) is 5.44. The van der Waals surface area contributed by atoms with Crippen LogP contribution in [0.1, 0.15) is 32.9 Å². The van der Waals surface area contributed by atoms with E-state index in [-0.39, 0.29) is 5.91 Å². The number of aryl methyl sites for hydroxylation is 2. The van der Waals surface area contributed by atoms with Crippen LogP contribution < -0.4 is 5.43 Å². The largest absolute Gasteiger partial charge is 0.469 e. The fourth-order valence-corrected chi connectivity index (χ4v) is 2.83. The molecule has 0 saturated carbocycles. The Morgan fingerprint density at radius 3 is 2.65 bits per heavy atom. The third kappa shape index (κ3) is 3.98. The molecule has 8 heteroatoms. The molecule has 3 aromatic rings. The molecule has 2 aromatic heterocycles. The van der Waals surface area contributed by atoms with Crippen LogP contribution in [0.25, 0.3) is 0 Å². The second kappa shape index (κ2) is 7.76. The number of carbonyl (C=O) groups excluding carboxylic acids is 1. The molecule has 0 saturated heterocycles. The van der Waals surface area contributed by atoms with Gasteiger partial charge in [0.05, 0.1) is 35.8 Å². The molecule has 3 rings (SSSR count). The van der Waals surface area contributed by atoms with Crippen molar-refractivity contribution in [2.75, 3.05) is 0 Å². The van der Waals surface area contributed by atoms with Crippen LogP contribution in [0, 0.1) is 13.8 Å². The van der Waals surface area contributed by atoms with E-state index in [1.165, 1.54) is 12.5 Å². The molecule has 0 atom stereocenters. The van der Waals surface area contributed by atoms with Crippen LogP contribution in [0.15, 0.2) is 46.1 Å². The zero-order valence-electron chi connectivity index (χ0n) is 14.2. The van der Waals surface area contributed by atoms with E-state index in [1.54, 1.807) is 17.7 Å². The zero-order valence-corrected chi connectivity index (χ0v) is 15.7. The van der Waals surface area contributed by atoms with Gasteiger partial charge in [-0.25, -0.2) is 10.1 Å². The fraction of sp³-hybridized carbons (Fsp3) is 0.167. The first-order valence-corrected chi connectivity index (χ1v) is 8.56. The summed E-state index contributed by atoms with van der Waals surface area (Å²) in [5.41, 5.74) is 5.26. The van der Waals surface area contributed by atoms with Gasteiger partial charge in [0.2, 0.25) is 0 Å². The minimum Gasteiger partial charge on any atom is -0.469 e. The van der Waals surface area contributed by atoms with Crippen molar-refractivity contribution in [1.29, 1.82) is 0 Å². The summed E-state index contributed by atoms with van der Waals surface area (Å²) in [6.07, 6.45) is 2.94. The maximum absolute atomic E-state index is 12.0. The van der Waals surface area contributed by atoms with Crippen LogP contribution >= 0.6 is 23.2 Å². The molecule has 134 valence electrons. The van der Waals surface area contributed by atoms with Gasteiger partial charge < -0.3 is 4.42 Å². The van der Waals surface area contributed by atoms with E-state index in [1.807, 2.05) is 31.2 Å². The summed E-state index contributed by atoms with van der Waals surface area (Å²) in [6, 6.07) is 9.05. The summed E-state index contributed by atoms with van der Waals surface area (Å²) in [5.74, 6) is 0.178. The predicted octanol–water partition coefficient (Wildman–Crippen LogP) is 4.21. The molecule has 0 unspecified atom stereocenters. The number of halogens is 2. The maximum atomic E-state index is 12.0. The van der Waals surface area contributed by atoms with Crippen molar-refractivity contribution in [2.24, 2.45) is 5.10 Å². The minimum atomic E-state index is -0.352. The molecule has 1 amide bonds. The highest BCUT2D eigenvalue weighted by atomic mass is 35.5. The Labute approximate surface area is 160 Å². The highest BCUT2D eigenvalue weighted by molar-refractivity contribution is 6.32. The van der Waals surface area contributed by atoms with Gasteiger partial charge in [-0.3, -0.25) is 4.79 Å². The third-order valence-corrected chi connectivity index (χ3v) is 4.47. The zero-order chi connectivity index (χ0) is 18.7. The Hall–Kier alpha value is -2.57. The molecule has 0 radical (unpaired) electrons. The normalized spacial score (nSPS) is 11.2. The Morgan fingerprint density at radius 1 is 1.27 bits per heavy atom. The standard InChI is InChI=1S/C18H16Cl2N4O2/c1-11-16(9-21-22-18(25)15-7-8-26-12(15)2)17(20)24(23-11)10-13-3-5-14(19)6-4-13/h3-9H,10H2,1-2H3,(H,22,25)/b21-9-. The summed E-state index contributed by atoms with van der Waals surface area (Å²) in [4.78, 5) is 12.0. The fourth-order valence-electron chi connectivity index (χ4n) is 2.42.